The zero-order valence-corrected chi connectivity index (χ0v) is 16.3. The molecule has 0 spiro atoms. The number of fused-ring (bicyclic) bond motifs is 1. The van der Waals surface area contributed by atoms with Gasteiger partial charge in [-0.2, -0.15) is 0 Å². The zero-order chi connectivity index (χ0) is 21.1. The summed E-state index contributed by atoms with van der Waals surface area (Å²) >= 11 is 0. The second-order valence-electron chi connectivity index (χ2n) is 6.94. The van der Waals surface area contributed by atoms with E-state index in [2.05, 4.69) is 0 Å². The van der Waals surface area contributed by atoms with Crippen molar-refractivity contribution in [3.63, 3.8) is 0 Å². The van der Waals surface area contributed by atoms with E-state index < -0.39 is 12.1 Å². The molecule has 1 unspecified atom stereocenters. The number of Topliss-reactive ketones (excluding diaryl/α,β-unsaturated/α-hetero) is 1. The van der Waals surface area contributed by atoms with Crippen LogP contribution in [0.1, 0.15) is 44.4 Å². The van der Waals surface area contributed by atoms with Crippen LogP contribution in [0.4, 0.5) is 0 Å². The lowest BCUT2D eigenvalue weighted by molar-refractivity contribution is 0.0590. The first-order valence-corrected chi connectivity index (χ1v) is 9.47. The molecule has 6 heteroatoms. The Kier molecular flexibility index (Phi) is 5.39. The van der Waals surface area contributed by atoms with Crippen LogP contribution in [0.2, 0.25) is 0 Å². The quantitative estimate of drug-likeness (QED) is 0.632. The fourth-order valence-electron chi connectivity index (χ4n) is 3.42. The number of aromatic hydroxyl groups is 1. The van der Waals surface area contributed by atoms with Crippen molar-refractivity contribution in [3.05, 3.63) is 89.0 Å². The van der Waals surface area contributed by atoms with Gasteiger partial charge in [0.25, 0.3) is 0 Å². The van der Waals surface area contributed by atoms with E-state index in [9.17, 15) is 14.7 Å². The summed E-state index contributed by atoms with van der Waals surface area (Å²) in [6.45, 7) is 0.460. The Hall–Kier alpha value is -3.80. The van der Waals surface area contributed by atoms with Crippen molar-refractivity contribution in [1.29, 1.82) is 0 Å². The van der Waals surface area contributed by atoms with Crippen LogP contribution in [-0.2, 0) is 11.3 Å². The van der Waals surface area contributed by atoms with Crippen molar-refractivity contribution in [2.24, 2.45) is 0 Å². The molecule has 3 aromatic rings. The van der Waals surface area contributed by atoms with Gasteiger partial charge in [-0.15, -0.1) is 0 Å². The molecule has 1 atom stereocenters. The van der Waals surface area contributed by atoms with E-state index in [0.717, 1.165) is 11.1 Å². The highest BCUT2D eigenvalue weighted by Gasteiger charge is 2.32. The number of phenols is 1. The first-order valence-electron chi connectivity index (χ1n) is 9.47. The lowest BCUT2D eigenvalue weighted by Crippen LogP contribution is -2.23. The summed E-state index contributed by atoms with van der Waals surface area (Å²) in [5.41, 5.74) is 2.00. The van der Waals surface area contributed by atoms with Gasteiger partial charge in [0.2, 0.25) is 0 Å². The summed E-state index contributed by atoms with van der Waals surface area (Å²) < 4.78 is 16.4. The number of rotatable bonds is 5. The number of hydrogen-bond acceptors (Lipinski definition) is 6. The Morgan fingerprint density at radius 3 is 2.53 bits per heavy atom. The minimum Gasteiger partial charge on any atom is -0.508 e. The fraction of sp³-hybridized carbons (Fsp3) is 0.167. The van der Waals surface area contributed by atoms with Gasteiger partial charge in [-0.05, 0) is 29.3 Å². The van der Waals surface area contributed by atoms with Gasteiger partial charge in [0.1, 0.15) is 30.0 Å². The number of ketones is 1. The normalized spacial score (nSPS) is 15.1. The standard InChI is InChI=1S/C24H20O6/c1-28-24(27)19-11-17(25)12-22-23(19)20(26)13-21(30-22)16-7-9-18(10-8-16)29-14-15-5-3-2-4-6-15/h2-12,21,25H,13-14H2,1H3. The highest BCUT2D eigenvalue weighted by molar-refractivity contribution is 6.09. The van der Waals surface area contributed by atoms with E-state index in [1.807, 2.05) is 54.6 Å². The second kappa shape index (κ2) is 8.29. The van der Waals surface area contributed by atoms with Crippen molar-refractivity contribution >= 4 is 11.8 Å². The van der Waals surface area contributed by atoms with Crippen LogP contribution >= 0.6 is 0 Å². The van der Waals surface area contributed by atoms with Crippen molar-refractivity contribution < 1.29 is 28.9 Å². The van der Waals surface area contributed by atoms with Gasteiger partial charge in [-0.3, -0.25) is 4.79 Å². The zero-order valence-electron chi connectivity index (χ0n) is 16.3. The largest absolute Gasteiger partial charge is 0.508 e. The SMILES string of the molecule is COC(=O)c1cc(O)cc2c1C(=O)CC(c1ccc(OCc3ccccc3)cc1)O2. The summed E-state index contributed by atoms with van der Waals surface area (Å²) in [6, 6.07) is 19.7. The molecule has 3 aromatic carbocycles. The smallest absolute Gasteiger partial charge is 0.338 e. The Labute approximate surface area is 173 Å². The van der Waals surface area contributed by atoms with Crippen molar-refractivity contribution in [2.45, 2.75) is 19.1 Å². The Balaban J connectivity index is 1.52. The van der Waals surface area contributed by atoms with Crippen molar-refractivity contribution in [1.82, 2.24) is 0 Å². The van der Waals surface area contributed by atoms with Crippen LogP contribution in [0, 0.1) is 0 Å². The Morgan fingerprint density at radius 2 is 1.83 bits per heavy atom. The molecule has 0 aliphatic carbocycles. The second-order valence-corrected chi connectivity index (χ2v) is 6.94. The lowest BCUT2D eigenvalue weighted by Gasteiger charge is -2.27. The number of hydrogen-bond donors (Lipinski definition) is 1. The molecule has 6 nitrogen and oxygen atoms in total. The minimum absolute atomic E-state index is 0.000565. The number of methoxy groups -OCH3 is 1. The number of benzene rings is 3. The number of ether oxygens (including phenoxy) is 3. The highest BCUT2D eigenvalue weighted by Crippen LogP contribution is 2.39. The molecule has 0 bridgehead atoms. The van der Waals surface area contributed by atoms with Gasteiger partial charge in [-0.25, -0.2) is 4.79 Å². The number of phenolic OH excluding ortho intramolecular Hbond substituents is 1. The third-order valence-corrected chi connectivity index (χ3v) is 4.91. The third-order valence-electron chi connectivity index (χ3n) is 4.91. The Morgan fingerprint density at radius 1 is 1.10 bits per heavy atom. The monoisotopic (exact) mass is 404 g/mol. The average Bonchev–Trinajstić information content (AvgIpc) is 2.77. The van der Waals surface area contributed by atoms with Crippen LogP contribution in [0.15, 0.2) is 66.7 Å². The highest BCUT2D eigenvalue weighted by atomic mass is 16.5. The molecule has 1 aliphatic heterocycles. The summed E-state index contributed by atoms with van der Waals surface area (Å²) in [4.78, 5) is 24.7. The molecule has 1 N–H and O–H groups in total. The summed E-state index contributed by atoms with van der Waals surface area (Å²) in [5.74, 6) is -0.243. The first-order chi connectivity index (χ1) is 14.5. The minimum atomic E-state index is -0.697. The van der Waals surface area contributed by atoms with Gasteiger partial charge < -0.3 is 19.3 Å². The Bertz CT molecular complexity index is 1070. The van der Waals surface area contributed by atoms with E-state index >= 15 is 0 Å². The summed E-state index contributed by atoms with van der Waals surface area (Å²) in [5, 5.41) is 9.93. The molecule has 0 aromatic heterocycles. The molecule has 0 amide bonds. The van der Waals surface area contributed by atoms with Crippen LogP contribution < -0.4 is 9.47 Å². The predicted octanol–water partition coefficient (Wildman–Crippen LogP) is 4.46. The van der Waals surface area contributed by atoms with E-state index in [1.165, 1.54) is 19.2 Å². The van der Waals surface area contributed by atoms with E-state index in [0.29, 0.717) is 12.4 Å². The molecule has 4 rings (SSSR count). The molecular weight excluding hydrogens is 384 g/mol. The first kappa shape index (κ1) is 19.5. The maximum atomic E-state index is 12.8. The van der Waals surface area contributed by atoms with Crippen LogP contribution in [0.25, 0.3) is 0 Å². The number of carbonyl (C=O) groups excluding carboxylic acids is 2. The van der Waals surface area contributed by atoms with E-state index in [-0.39, 0.29) is 34.8 Å². The molecule has 30 heavy (non-hydrogen) atoms. The van der Waals surface area contributed by atoms with Gasteiger partial charge in [-0.1, -0.05) is 42.5 Å². The molecule has 1 aliphatic rings. The molecular formula is C24H20O6. The van der Waals surface area contributed by atoms with Gasteiger partial charge in [0.05, 0.1) is 24.7 Å². The van der Waals surface area contributed by atoms with Crippen LogP contribution in [-0.4, -0.2) is 24.0 Å². The topological polar surface area (TPSA) is 82.1 Å². The third kappa shape index (κ3) is 3.98. The fourth-order valence-corrected chi connectivity index (χ4v) is 3.42. The average molecular weight is 404 g/mol. The molecule has 0 saturated heterocycles. The van der Waals surface area contributed by atoms with Gasteiger partial charge in [0, 0.05) is 6.07 Å². The van der Waals surface area contributed by atoms with Gasteiger partial charge in [0.15, 0.2) is 5.78 Å². The molecule has 0 fully saturated rings. The molecule has 0 radical (unpaired) electrons. The lowest BCUT2D eigenvalue weighted by atomic mass is 9.92. The van der Waals surface area contributed by atoms with Crippen LogP contribution in [0.5, 0.6) is 17.2 Å². The van der Waals surface area contributed by atoms with Crippen molar-refractivity contribution in [2.75, 3.05) is 7.11 Å². The molecule has 0 saturated carbocycles. The predicted molar refractivity (Wildman–Crippen MR) is 109 cm³/mol. The number of carbonyl (C=O) groups is 2. The maximum absolute atomic E-state index is 12.8. The van der Waals surface area contributed by atoms with Crippen LogP contribution in [0.3, 0.4) is 0 Å². The molecule has 152 valence electrons. The summed E-state index contributed by atoms with van der Waals surface area (Å²) in [7, 11) is 1.22. The van der Waals surface area contributed by atoms with Gasteiger partial charge >= 0.3 is 5.97 Å². The van der Waals surface area contributed by atoms with E-state index in [4.69, 9.17) is 14.2 Å². The maximum Gasteiger partial charge on any atom is 0.338 e. The summed E-state index contributed by atoms with van der Waals surface area (Å²) in [6.07, 6.45) is -0.452. The number of esters is 1. The van der Waals surface area contributed by atoms with E-state index in [1.54, 1.807) is 0 Å². The molecule has 1 heterocycles. The van der Waals surface area contributed by atoms with Crippen molar-refractivity contribution in [3.8, 4) is 17.2 Å².